The minimum Gasteiger partial charge on any atom is -0.396 e. The lowest BCUT2D eigenvalue weighted by Crippen LogP contribution is -2.38. The van der Waals surface area contributed by atoms with Gasteiger partial charge in [-0.1, -0.05) is 35.5 Å². The van der Waals surface area contributed by atoms with Gasteiger partial charge in [-0.05, 0) is 12.0 Å². The fourth-order valence-corrected chi connectivity index (χ4v) is 1.85. The quantitative estimate of drug-likeness (QED) is 0.747. The Morgan fingerprint density at radius 3 is 2.75 bits per heavy atom. The molecule has 1 aromatic heterocycles. The van der Waals surface area contributed by atoms with E-state index in [4.69, 9.17) is 5.11 Å². The first-order chi connectivity index (χ1) is 9.79. The van der Waals surface area contributed by atoms with Gasteiger partial charge in [0.05, 0.1) is 12.6 Å². The zero-order valence-corrected chi connectivity index (χ0v) is 11.0. The first kappa shape index (κ1) is 14.1. The summed E-state index contributed by atoms with van der Waals surface area (Å²) in [6.07, 6.45) is 1.91. The molecule has 0 unspecified atom stereocenters. The highest BCUT2D eigenvalue weighted by Gasteiger charge is 2.13. The minimum atomic E-state index is -0.310. The maximum atomic E-state index is 11.8. The molecule has 0 bridgehead atoms. The predicted molar refractivity (Wildman–Crippen MR) is 72.8 cm³/mol. The molecule has 2 amide bonds. The average molecular weight is 275 g/mol. The number of amides is 2. The zero-order valence-electron chi connectivity index (χ0n) is 11.0. The van der Waals surface area contributed by atoms with E-state index in [-0.39, 0.29) is 18.7 Å². The van der Waals surface area contributed by atoms with E-state index in [2.05, 4.69) is 20.3 Å². The summed E-state index contributed by atoms with van der Waals surface area (Å²) in [5.41, 5.74) is 1.61. The fourth-order valence-electron chi connectivity index (χ4n) is 1.85. The van der Waals surface area contributed by atoms with Gasteiger partial charge < -0.3 is 20.3 Å². The normalized spacial score (nSPS) is 11.8. The Labute approximate surface area is 116 Å². The van der Waals surface area contributed by atoms with E-state index in [1.165, 1.54) is 6.26 Å². The molecule has 0 aliphatic carbocycles. The van der Waals surface area contributed by atoms with Gasteiger partial charge in [0.2, 0.25) is 0 Å². The standard InChI is InChI=1S/C14H17N3O3/c18-8-6-13(11-4-2-1-3-5-11)16-14(19)15-10-12-7-9-20-17-12/h1-5,7,9,13,18H,6,8,10H2,(H2,15,16,19)/t13-/m1/s1. The van der Waals surface area contributed by atoms with Crippen LogP contribution < -0.4 is 10.6 Å². The highest BCUT2D eigenvalue weighted by atomic mass is 16.5. The SMILES string of the molecule is O=C(NCc1ccon1)N[C@H](CCO)c1ccccc1. The molecule has 1 heterocycles. The monoisotopic (exact) mass is 275 g/mol. The lowest BCUT2D eigenvalue weighted by atomic mass is 10.0. The summed E-state index contributed by atoms with van der Waals surface area (Å²) in [6.45, 7) is 0.298. The summed E-state index contributed by atoms with van der Waals surface area (Å²) >= 11 is 0. The number of benzene rings is 1. The van der Waals surface area contributed by atoms with Crippen LogP contribution in [0.5, 0.6) is 0 Å². The molecule has 0 aliphatic heterocycles. The number of nitrogens with one attached hydrogen (secondary N) is 2. The molecule has 6 heteroatoms. The Hall–Kier alpha value is -2.34. The second-order valence-electron chi connectivity index (χ2n) is 4.29. The van der Waals surface area contributed by atoms with Crippen LogP contribution in [0.4, 0.5) is 4.79 Å². The molecule has 1 aromatic carbocycles. The number of aromatic nitrogens is 1. The molecule has 0 saturated heterocycles. The molecule has 0 fully saturated rings. The van der Waals surface area contributed by atoms with Crippen molar-refractivity contribution in [1.29, 1.82) is 0 Å². The third kappa shape index (κ3) is 4.10. The molecule has 0 aliphatic rings. The second-order valence-corrected chi connectivity index (χ2v) is 4.29. The van der Waals surface area contributed by atoms with E-state index < -0.39 is 0 Å². The van der Waals surface area contributed by atoms with Crippen LogP contribution in [0.15, 0.2) is 47.2 Å². The van der Waals surface area contributed by atoms with Crippen LogP contribution in [0.1, 0.15) is 23.7 Å². The summed E-state index contributed by atoms with van der Waals surface area (Å²) in [5, 5.41) is 18.3. The van der Waals surface area contributed by atoms with Gasteiger partial charge in [0.15, 0.2) is 0 Å². The number of rotatable bonds is 6. The fraction of sp³-hybridized carbons (Fsp3) is 0.286. The smallest absolute Gasteiger partial charge is 0.315 e. The number of hydrogen-bond acceptors (Lipinski definition) is 4. The van der Waals surface area contributed by atoms with Crippen LogP contribution in [0.3, 0.4) is 0 Å². The largest absolute Gasteiger partial charge is 0.396 e. The molecule has 0 spiro atoms. The predicted octanol–water partition coefficient (Wildman–Crippen LogP) is 1.60. The van der Waals surface area contributed by atoms with Crippen molar-refractivity contribution in [3.63, 3.8) is 0 Å². The van der Waals surface area contributed by atoms with Crippen molar-refractivity contribution in [1.82, 2.24) is 15.8 Å². The van der Waals surface area contributed by atoms with Gasteiger partial charge in [-0.2, -0.15) is 0 Å². The van der Waals surface area contributed by atoms with E-state index in [1.807, 2.05) is 30.3 Å². The zero-order chi connectivity index (χ0) is 14.2. The van der Waals surface area contributed by atoms with Gasteiger partial charge in [-0.15, -0.1) is 0 Å². The molecule has 2 aromatic rings. The number of urea groups is 1. The third-order valence-corrected chi connectivity index (χ3v) is 2.85. The topological polar surface area (TPSA) is 87.4 Å². The number of nitrogens with zero attached hydrogens (tertiary/aromatic N) is 1. The lowest BCUT2D eigenvalue weighted by molar-refractivity contribution is 0.228. The first-order valence-corrected chi connectivity index (χ1v) is 6.39. The minimum absolute atomic E-state index is 0.00310. The maximum absolute atomic E-state index is 11.8. The van der Waals surface area contributed by atoms with Gasteiger partial charge in [0.25, 0.3) is 0 Å². The molecule has 2 rings (SSSR count). The number of carbonyl (C=O) groups is 1. The maximum Gasteiger partial charge on any atom is 0.315 e. The van der Waals surface area contributed by atoms with Crippen molar-refractivity contribution in [2.24, 2.45) is 0 Å². The van der Waals surface area contributed by atoms with Crippen LogP contribution in [0.25, 0.3) is 0 Å². The second kappa shape index (κ2) is 7.30. The van der Waals surface area contributed by atoms with Gasteiger partial charge in [-0.3, -0.25) is 0 Å². The number of carbonyl (C=O) groups excluding carboxylic acids is 1. The number of aliphatic hydroxyl groups excluding tert-OH is 1. The summed E-state index contributed by atoms with van der Waals surface area (Å²) in [7, 11) is 0. The van der Waals surface area contributed by atoms with Crippen molar-refractivity contribution in [3.05, 3.63) is 53.9 Å². The van der Waals surface area contributed by atoms with Gasteiger partial charge >= 0.3 is 6.03 Å². The van der Waals surface area contributed by atoms with E-state index in [9.17, 15) is 4.79 Å². The summed E-state index contributed by atoms with van der Waals surface area (Å²) in [6, 6.07) is 10.7. The Bertz CT molecular complexity index is 514. The molecule has 106 valence electrons. The molecular weight excluding hydrogens is 258 g/mol. The van der Waals surface area contributed by atoms with Crippen molar-refractivity contribution in [2.45, 2.75) is 19.0 Å². The summed E-state index contributed by atoms with van der Waals surface area (Å²) in [5.74, 6) is 0. The van der Waals surface area contributed by atoms with Crippen molar-refractivity contribution in [3.8, 4) is 0 Å². The first-order valence-electron chi connectivity index (χ1n) is 6.39. The molecule has 0 saturated carbocycles. The molecule has 20 heavy (non-hydrogen) atoms. The van der Waals surface area contributed by atoms with E-state index in [0.29, 0.717) is 18.7 Å². The molecule has 1 atom stereocenters. The third-order valence-electron chi connectivity index (χ3n) is 2.85. The van der Waals surface area contributed by atoms with Crippen LogP contribution in [0.2, 0.25) is 0 Å². The van der Waals surface area contributed by atoms with Crippen LogP contribution in [-0.2, 0) is 6.54 Å². The van der Waals surface area contributed by atoms with Crippen molar-refractivity contribution < 1.29 is 14.4 Å². The van der Waals surface area contributed by atoms with Crippen LogP contribution in [-0.4, -0.2) is 22.9 Å². The molecule has 3 N–H and O–H groups in total. The average Bonchev–Trinajstić information content (AvgIpc) is 2.99. The molecule has 0 radical (unpaired) electrons. The van der Waals surface area contributed by atoms with Gasteiger partial charge in [0.1, 0.15) is 12.0 Å². The highest BCUT2D eigenvalue weighted by molar-refractivity contribution is 5.74. The van der Waals surface area contributed by atoms with Crippen molar-refractivity contribution >= 4 is 6.03 Å². The van der Waals surface area contributed by atoms with E-state index in [1.54, 1.807) is 6.07 Å². The van der Waals surface area contributed by atoms with Crippen LogP contribution >= 0.6 is 0 Å². The van der Waals surface area contributed by atoms with E-state index in [0.717, 1.165) is 5.56 Å². The molecular formula is C14H17N3O3. The van der Waals surface area contributed by atoms with E-state index >= 15 is 0 Å². The number of aliphatic hydroxyl groups is 1. The Kier molecular flexibility index (Phi) is 5.14. The Balaban J connectivity index is 1.89. The number of hydrogen-bond donors (Lipinski definition) is 3. The summed E-state index contributed by atoms with van der Waals surface area (Å²) < 4.78 is 4.68. The highest BCUT2D eigenvalue weighted by Crippen LogP contribution is 2.15. The van der Waals surface area contributed by atoms with Gasteiger partial charge in [-0.25, -0.2) is 4.79 Å². The lowest BCUT2D eigenvalue weighted by Gasteiger charge is -2.18. The Morgan fingerprint density at radius 2 is 2.10 bits per heavy atom. The summed E-state index contributed by atoms with van der Waals surface area (Å²) in [4.78, 5) is 11.8. The van der Waals surface area contributed by atoms with Crippen molar-refractivity contribution in [2.75, 3.05) is 6.61 Å². The van der Waals surface area contributed by atoms with Crippen LogP contribution in [0, 0.1) is 0 Å². The van der Waals surface area contributed by atoms with Gasteiger partial charge in [0, 0.05) is 12.7 Å². The molecule has 6 nitrogen and oxygen atoms in total. The Morgan fingerprint density at radius 1 is 1.30 bits per heavy atom.